The summed E-state index contributed by atoms with van der Waals surface area (Å²) in [5.74, 6) is 0.439. The summed E-state index contributed by atoms with van der Waals surface area (Å²) in [5.41, 5.74) is 3.11. The van der Waals surface area contributed by atoms with Crippen molar-refractivity contribution < 1.29 is 9.53 Å². The van der Waals surface area contributed by atoms with Crippen molar-refractivity contribution >= 4 is 12.0 Å². The van der Waals surface area contributed by atoms with Crippen molar-refractivity contribution in [3.05, 3.63) is 53.9 Å². The van der Waals surface area contributed by atoms with Crippen LogP contribution in [0.4, 0.5) is 0 Å². The molecule has 0 N–H and O–H groups in total. The van der Waals surface area contributed by atoms with E-state index < -0.39 is 0 Å². The molecule has 0 fully saturated rings. The van der Waals surface area contributed by atoms with Crippen LogP contribution in [0.5, 0.6) is 0 Å². The van der Waals surface area contributed by atoms with Crippen molar-refractivity contribution in [2.75, 3.05) is 0 Å². The molecule has 1 heterocycles. The summed E-state index contributed by atoms with van der Waals surface area (Å²) in [5, 5.41) is 0. The zero-order valence-electron chi connectivity index (χ0n) is 19.5. The topological polar surface area (TPSA) is 52.1 Å². The highest BCUT2D eigenvalue weighted by Gasteiger charge is 2.07. The van der Waals surface area contributed by atoms with Crippen molar-refractivity contribution in [3.63, 3.8) is 0 Å². The van der Waals surface area contributed by atoms with Crippen LogP contribution in [0.1, 0.15) is 89.7 Å². The number of aryl methyl sites for hydroxylation is 1. The number of esters is 1. The van der Waals surface area contributed by atoms with Gasteiger partial charge in [0.15, 0.2) is 5.82 Å². The highest BCUT2D eigenvalue weighted by atomic mass is 16.5. The van der Waals surface area contributed by atoms with Gasteiger partial charge in [-0.25, -0.2) is 14.8 Å². The van der Waals surface area contributed by atoms with Gasteiger partial charge >= 0.3 is 5.97 Å². The summed E-state index contributed by atoms with van der Waals surface area (Å²) in [6.45, 7) is 6.38. The van der Waals surface area contributed by atoms with Gasteiger partial charge < -0.3 is 4.74 Å². The molecule has 0 bridgehead atoms. The fourth-order valence-corrected chi connectivity index (χ4v) is 3.45. The minimum absolute atomic E-state index is 0.0388. The van der Waals surface area contributed by atoms with E-state index in [1.165, 1.54) is 56.6 Å². The quantitative estimate of drug-likeness (QED) is 0.184. The fraction of sp³-hybridized carbons (Fsp3) is 0.519. The summed E-state index contributed by atoms with van der Waals surface area (Å²) in [6.07, 6.45) is 18.8. The lowest BCUT2D eigenvalue weighted by Gasteiger charge is -2.11. The Morgan fingerprint density at radius 3 is 2.23 bits per heavy atom. The number of carbonyl (C=O) groups excluding carboxylic acids is 1. The molecule has 2 aromatic rings. The number of unbranched alkanes of at least 4 members (excludes halogenated alkanes) is 6. The van der Waals surface area contributed by atoms with E-state index in [0.717, 1.165) is 36.2 Å². The van der Waals surface area contributed by atoms with Gasteiger partial charge in [-0.05, 0) is 49.8 Å². The molecule has 0 amide bonds. The van der Waals surface area contributed by atoms with E-state index in [1.54, 1.807) is 6.08 Å². The van der Waals surface area contributed by atoms with Crippen molar-refractivity contribution in [2.24, 2.45) is 0 Å². The molecule has 0 aliphatic heterocycles. The Morgan fingerprint density at radius 1 is 0.935 bits per heavy atom. The van der Waals surface area contributed by atoms with Gasteiger partial charge in [-0.1, -0.05) is 76.6 Å². The van der Waals surface area contributed by atoms with Crippen molar-refractivity contribution in [1.82, 2.24) is 9.97 Å². The summed E-state index contributed by atoms with van der Waals surface area (Å²) >= 11 is 0. The van der Waals surface area contributed by atoms with Gasteiger partial charge in [-0.15, -0.1) is 0 Å². The van der Waals surface area contributed by atoms with Crippen LogP contribution in [0.3, 0.4) is 0 Å². The van der Waals surface area contributed by atoms with E-state index >= 15 is 0 Å². The van der Waals surface area contributed by atoms with Gasteiger partial charge in [0.25, 0.3) is 0 Å². The molecule has 0 radical (unpaired) electrons. The largest absolute Gasteiger partial charge is 0.460 e. The molecule has 0 unspecified atom stereocenters. The van der Waals surface area contributed by atoms with Crippen LogP contribution in [0.25, 0.3) is 17.5 Å². The number of hydrogen-bond acceptors (Lipinski definition) is 4. The second-order valence-electron chi connectivity index (χ2n) is 8.28. The number of benzene rings is 1. The molecule has 0 aliphatic rings. The molecule has 2 rings (SSSR count). The highest BCUT2D eigenvalue weighted by molar-refractivity contribution is 5.87. The SMILES string of the molecule is CCCCCCc1cnc(-c2ccc(C=CC(=O)O[C@H](C)CCCCCC)cc2)nc1. The highest BCUT2D eigenvalue weighted by Crippen LogP contribution is 2.17. The second kappa shape index (κ2) is 14.5. The second-order valence-corrected chi connectivity index (χ2v) is 8.28. The molecule has 31 heavy (non-hydrogen) atoms. The molecule has 4 heteroatoms. The molecule has 1 atom stereocenters. The molecule has 0 spiro atoms. The van der Waals surface area contributed by atoms with Crippen LogP contribution in [-0.4, -0.2) is 22.0 Å². The summed E-state index contributed by atoms with van der Waals surface area (Å²) in [6, 6.07) is 7.90. The maximum Gasteiger partial charge on any atom is 0.331 e. The molecular weight excluding hydrogens is 384 g/mol. The van der Waals surface area contributed by atoms with Gasteiger partial charge in [0, 0.05) is 24.0 Å². The van der Waals surface area contributed by atoms with E-state index in [0.29, 0.717) is 0 Å². The predicted molar refractivity (Wildman–Crippen MR) is 129 cm³/mol. The third kappa shape index (κ3) is 9.91. The Labute approximate surface area is 188 Å². The van der Waals surface area contributed by atoms with Gasteiger partial charge in [0.05, 0.1) is 6.10 Å². The Bertz CT molecular complexity index is 782. The predicted octanol–water partition coefficient (Wildman–Crippen LogP) is 7.18. The molecule has 4 nitrogen and oxygen atoms in total. The molecule has 0 saturated carbocycles. The maximum absolute atomic E-state index is 12.0. The first-order valence-electron chi connectivity index (χ1n) is 11.9. The number of rotatable bonds is 14. The number of carbonyl (C=O) groups is 1. The summed E-state index contributed by atoms with van der Waals surface area (Å²) in [7, 11) is 0. The van der Waals surface area contributed by atoms with Gasteiger partial charge in [-0.3, -0.25) is 0 Å². The molecule has 168 valence electrons. The smallest absolute Gasteiger partial charge is 0.331 e. The van der Waals surface area contributed by atoms with Crippen molar-refractivity contribution in [2.45, 2.75) is 91.1 Å². The normalized spacial score (nSPS) is 12.2. The number of ether oxygens (including phenoxy) is 1. The first-order chi connectivity index (χ1) is 15.1. The lowest BCUT2D eigenvalue weighted by molar-refractivity contribution is -0.142. The lowest BCUT2D eigenvalue weighted by atomic mass is 10.1. The third-order valence-corrected chi connectivity index (χ3v) is 5.39. The molecule has 0 aliphatic carbocycles. The van der Waals surface area contributed by atoms with Gasteiger partial charge in [-0.2, -0.15) is 0 Å². The number of aromatic nitrogens is 2. The number of nitrogens with zero attached hydrogens (tertiary/aromatic N) is 2. The van der Waals surface area contributed by atoms with Crippen LogP contribution in [0, 0.1) is 0 Å². The average molecular weight is 423 g/mol. The van der Waals surface area contributed by atoms with Crippen molar-refractivity contribution in [1.29, 1.82) is 0 Å². The monoisotopic (exact) mass is 422 g/mol. The van der Waals surface area contributed by atoms with Crippen LogP contribution in [0.2, 0.25) is 0 Å². The van der Waals surface area contributed by atoms with Crippen LogP contribution < -0.4 is 0 Å². The van der Waals surface area contributed by atoms with Crippen LogP contribution in [-0.2, 0) is 16.0 Å². The molecule has 0 saturated heterocycles. The zero-order valence-corrected chi connectivity index (χ0v) is 19.5. The Morgan fingerprint density at radius 2 is 1.58 bits per heavy atom. The molecular formula is C27H38N2O2. The van der Waals surface area contributed by atoms with E-state index in [2.05, 4.69) is 23.8 Å². The summed E-state index contributed by atoms with van der Waals surface area (Å²) < 4.78 is 5.45. The lowest BCUT2D eigenvalue weighted by Crippen LogP contribution is -2.12. The van der Waals surface area contributed by atoms with Gasteiger partial charge in [0.2, 0.25) is 0 Å². The van der Waals surface area contributed by atoms with Crippen LogP contribution >= 0.6 is 0 Å². The number of hydrogen-bond donors (Lipinski definition) is 0. The minimum Gasteiger partial charge on any atom is -0.460 e. The van der Waals surface area contributed by atoms with Crippen molar-refractivity contribution in [3.8, 4) is 11.4 Å². The first-order valence-corrected chi connectivity index (χ1v) is 11.9. The van der Waals surface area contributed by atoms with E-state index in [9.17, 15) is 4.79 Å². The van der Waals surface area contributed by atoms with E-state index in [-0.39, 0.29) is 12.1 Å². The van der Waals surface area contributed by atoms with Crippen LogP contribution in [0.15, 0.2) is 42.7 Å². The minimum atomic E-state index is -0.287. The zero-order chi connectivity index (χ0) is 22.3. The Balaban J connectivity index is 1.81. The Kier molecular flexibility index (Phi) is 11.6. The van der Waals surface area contributed by atoms with E-state index in [1.807, 2.05) is 43.6 Å². The Hall–Kier alpha value is -2.49. The average Bonchev–Trinajstić information content (AvgIpc) is 2.79. The van der Waals surface area contributed by atoms with E-state index in [4.69, 9.17) is 4.74 Å². The van der Waals surface area contributed by atoms with Gasteiger partial charge in [0.1, 0.15) is 0 Å². The maximum atomic E-state index is 12.0. The first kappa shape index (κ1) is 24.8. The standard InChI is InChI=1S/C27H38N2O2/c1-4-6-8-10-12-22(3)31-26(30)19-16-23-14-17-25(18-15-23)27-28-20-24(21-29-27)13-11-9-7-5-2/h14-22H,4-13H2,1-3H3/t22-/m1/s1. The molecule has 1 aromatic carbocycles. The molecule has 1 aromatic heterocycles. The third-order valence-electron chi connectivity index (χ3n) is 5.39. The summed E-state index contributed by atoms with van der Waals surface area (Å²) in [4.78, 5) is 21.1. The fourth-order valence-electron chi connectivity index (χ4n) is 3.45.